The number of fused-ring (bicyclic) bond motifs is 1. The van der Waals surface area contributed by atoms with Crippen LogP contribution in [0.3, 0.4) is 0 Å². The summed E-state index contributed by atoms with van der Waals surface area (Å²) in [5.74, 6) is -0.0188. The number of aromatic nitrogens is 2. The van der Waals surface area contributed by atoms with Crippen molar-refractivity contribution in [1.29, 1.82) is 5.26 Å². The number of hydrogen-bond acceptors (Lipinski definition) is 5. The van der Waals surface area contributed by atoms with Crippen LogP contribution in [0.15, 0.2) is 47.4 Å². The number of nitriles is 1. The molecule has 0 radical (unpaired) electrons. The summed E-state index contributed by atoms with van der Waals surface area (Å²) < 4.78 is 1.43. The molecule has 2 aromatic heterocycles. The molecule has 1 N–H and O–H groups in total. The Kier molecular flexibility index (Phi) is 5.67. The normalized spacial score (nSPS) is 14.6. The fraction of sp³-hybridized carbons (Fsp3) is 0.300. The molecule has 7 heteroatoms. The number of hydrogen-bond donors (Lipinski definition) is 1. The van der Waals surface area contributed by atoms with Gasteiger partial charge in [0.2, 0.25) is 0 Å². The second-order valence-electron chi connectivity index (χ2n) is 6.30. The lowest BCUT2D eigenvalue weighted by Crippen LogP contribution is -2.33. The monoisotopic (exact) mass is 363 g/mol. The Hall–Kier alpha value is -3.40. The largest absolute Gasteiger partial charge is 0.356 e. The molecule has 1 aliphatic rings. The molecular weight excluding hydrogens is 342 g/mol. The fourth-order valence-electron chi connectivity index (χ4n) is 3.12. The highest BCUT2D eigenvalue weighted by Crippen LogP contribution is 2.22. The van der Waals surface area contributed by atoms with Gasteiger partial charge in [-0.2, -0.15) is 5.26 Å². The molecule has 0 saturated carbocycles. The molecule has 2 aromatic rings. The first-order valence-corrected chi connectivity index (χ1v) is 8.93. The Bertz CT molecular complexity index is 994. The number of amides is 1. The van der Waals surface area contributed by atoms with Crippen molar-refractivity contribution >= 4 is 23.4 Å². The van der Waals surface area contributed by atoms with Crippen LogP contribution in [0, 0.1) is 11.3 Å². The predicted octanol–water partition coefficient (Wildman–Crippen LogP) is 1.89. The smallest absolute Gasteiger partial charge is 0.267 e. The zero-order valence-corrected chi connectivity index (χ0v) is 15.0. The van der Waals surface area contributed by atoms with Gasteiger partial charge in [-0.05, 0) is 37.5 Å². The summed E-state index contributed by atoms with van der Waals surface area (Å²) in [7, 11) is 0. The minimum absolute atomic E-state index is 0.134. The molecule has 3 heterocycles. The summed E-state index contributed by atoms with van der Waals surface area (Å²) in [6, 6.07) is 7.22. The highest BCUT2D eigenvalue weighted by molar-refractivity contribution is 6.02. The van der Waals surface area contributed by atoms with E-state index in [4.69, 9.17) is 0 Å². The van der Waals surface area contributed by atoms with Crippen molar-refractivity contribution in [2.45, 2.75) is 19.3 Å². The summed E-state index contributed by atoms with van der Waals surface area (Å²) in [5, 5.41) is 12.0. The average molecular weight is 363 g/mol. The van der Waals surface area contributed by atoms with E-state index in [9.17, 15) is 14.9 Å². The maximum Gasteiger partial charge on any atom is 0.267 e. The van der Waals surface area contributed by atoms with E-state index >= 15 is 0 Å². The maximum absolute atomic E-state index is 13.1. The van der Waals surface area contributed by atoms with Crippen LogP contribution in [0.5, 0.6) is 0 Å². The van der Waals surface area contributed by atoms with Crippen molar-refractivity contribution in [3.05, 3.63) is 58.5 Å². The van der Waals surface area contributed by atoms with E-state index in [1.807, 2.05) is 12.1 Å². The number of nitrogens with zero attached hydrogens (tertiary/aromatic N) is 4. The summed E-state index contributed by atoms with van der Waals surface area (Å²) in [6.45, 7) is 5.37. The van der Waals surface area contributed by atoms with Crippen LogP contribution in [0.1, 0.15) is 24.8 Å². The van der Waals surface area contributed by atoms with Crippen LogP contribution in [0.2, 0.25) is 0 Å². The number of carbonyl (C=O) groups is 1. The lowest BCUT2D eigenvalue weighted by Gasteiger charge is -2.29. The Morgan fingerprint density at radius 3 is 2.81 bits per heavy atom. The van der Waals surface area contributed by atoms with Gasteiger partial charge in [0.15, 0.2) is 0 Å². The van der Waals surface area contributed by atoms with E-state index in [0.29, 0.717) is 11.5 Å². The first kappa shape index (κ1) is 18.4. The Morgan fingerprint density at radius 1 is 1.33 bits per heavy atom. The van der Waals surface area contributed by atoms with Crippen molar-refractivity contribution in [1.82, 2.24) is 14.7 Å². The van der Waals surface area contributed by atoms with Gasteiger partial charge < -0.3 is 10.2 Å². The highest BCUT2D eigenvalue weighted by atomic mass is 16.1. The minimum atomic E-state index is -0.542. The molecule has 1 saturated heterocycles. The number of nitrogens with one attached hydrogen (secondary N) is 1. The van der Waals surface area contributed by atoms with E-state index in [1.165, 1.54) is 16.6 Å². The number of piperidine rings is 1. The summed E-state index contributed by atoms with van der Waals surface area (Å²) in [4.78, 5) is 32.0. The first-order chi connectivity index (χ1) is 13.2. The van der Waals surface area contributed by atoms with Crippen molar-refractivity contribution in [3.8, 4) is 6.07 Å². The van der Waals surface area contributed by atoms with Crippen molar-refractivity contribution in [3.63, 3.8) is 0 Å². The standard InChI is InChI=1S/C20H21N5O2/c1-2-9-22-19(26)15(14-21)13-16-18(24-10-5-3-6-11-24)23-17-8-4-7-12-25(17)20(16)27/h2,4,7-8,12-13H,1,3,5-6,9-11H2,(H,22,26). The number of pyridine rings is 1. The first-order valence-electron chi connectivity index (χ1n) is 8.93. The molecule has 3 rings (SSSR count). The van der Waals surface area contributed by atoms with Gasteiger partial charge >= 0.3 is 0 Å². The predicted molar refractivity (Wildman–Crippen MR) is 104 cm³/mol. The van der Waals surface area contributed by atoms with Crippen molar-refractivity contribution in [2.75, 3.05) is 24.5 Å². The molecule has 7 nitrogen and oxygen atoms in total. The van der Waals surface area contributed by atoms with Crippen LogP contribution >= 0.6 is 0 Å². The molecule has 0 aromatic carbocycles. The SMILES string of the molecule is C=CCNC(=O)C(C#N)=Cc1c(N2CCCCC2)nc2ccccn2c1=O. The van der Waals surface area contributed by atoms with Gasteiger partial charge in [0.05, 0.1) is 5.56 Å². The molecule has 1 amide bonds. The van der Waals surface area contributed by atoms with Crippen LogP contribution in [-0.2, 0) is 4.79 Å². The molecule has 0 spiro atoms. The van der Waals surface area contributed by atoms with E-state index < -0.39 is 5.91 Å². The third kappa shape index (κ3) is 3.90. The average Bonchev–Trinajstić information content (AvgIpc) is 2.72. The van der Waals surface area contributed by atoms with E-state index in [1.54, 1.807) is 18.3 Å². The second kappa shape index (κ2) is 8.32. The fourth-order valence-corrected chi connectivity index (χ4v) is 3.12. The minimum Gasteiger partial charge on any atom is -0.356 e. The van der Waals surface area contributed by atoms with Crippen LogP contribution in [0.25, 0.3) is 11.7 Å². The molecule has 0 atom stereocenters. The molecule has 27 heavy (non-hydrogen) atoms. The molecule has 1 aliphatic heterocycles. The third-order valence-corrected chi connectivity index (χ3v) is 4.47. The molecule has 0 unspecified atom stereocenters. The van der Waals surface area contributed by atoms with Gasteiger partial charge in [-0.1, -0.05) is 12.1 Å². The number of anilines is 1. The van der Waals surface area contributed by atoms with E-state index in [0.717, 1.165) is 32.4 Å². The van der Waals surface area contributed by atoms with E-state index in [-0.39, 0.29) is 23.2 Å². The highest BCUT2D eigenvalue weighted by Gasteiger charge is 2.20. The summed E-state index contributed by atoms with van der Waals surface area (Å²) in [6.07, 6.45) is 7.68. The molecule has 0 aliphatic carbocycles. The summed E-state index contributed by atoms with van der Waals surface area (Å²) >= 11 is 0. The lowest BCUT2D eigenvalue weighted by molar-refractivity contribution is -0.116. The van der Waals surface area contributed by atoms with Crippen molar-refractivity contribution in [2.24, 2.45) is 0 Å². The molecule has 138 valence electrons. The molecular formula is C20H21N5O2. The van der Waals surface area contributed by atoms with Gasteiger partial charge in [-0.3, -0.25) is 14.0 Å². The van der Waals surface area contributed by atoms with Crippen molar-refractivity contribution < 1.29 is 4.79 Å². The summed E-state index contributed by atoms with van der Waals surface area (Å²) in [5.41, 5.74) is 0.357. The third-order valence-electron chi connectivity index (χ3n) is 4.47. The van der Waals surface area contributed by atoms with Crippen LogP contribution in [0.4, 0.5) is 5.82 Å². The van der Waals surface area contributed by atoms with Crippen LogP contribution < -0.4 is 15.8 Å². The zero-order valence-electron chi connectivity index (χ0n) is 15.0. The number of rotatable bonds is 5. The van der Waals surface area contributed by atoms with Gasteiger partial charge in [-0.15, -0.1) is 6.58 Å². The van der Waals surface area contributed by atoms with Crippen LogP contribution in [-0.4, -0.2) is 34.9 Å². The van der Waals surface area contributed by atoms with Gasteiger partial charge in [0.25, 0.3) is 11.5 Å². The Balaban J connectivity index is 2.16. The Morgan fingerprint density at radius 2 is 2.11 bits per heavy atom. The topological polar surface area (TPSA) is 90.5 Å². The van der Waals surface area contributed by atoms with E-state index in [2.05, 4.69) is 21.8 Å². The second-order valence-corrected chi connectivity index (χ2v) is 6.30. The van der Waals surface area contributed by atoms with Gasteiger partial charge in [0, 0.05) is 25.8 Å². The Labute approximate surface area is 157 Å². The van der Waals surface area contributed by atoms with Gasteiger partial charge in [0.1, 0.15) is 23.1 Å². The quantitative estimate of drug-likeness (QED) is 0.498. The molecule has 1 fully saturated rings. The maximum atomic E-state index is 13.1. The number of carbonyl (C=O) groups excluding carboxylic acids is 1. The zero-order chi connectivity index (χ0) is 19.2. The van der Waals surface area contributed by atoms with Gasteiger partial charge in [-0.25, -0.2) is 4.98 Å². The lowest BCUT2D eigenvalue weighted by atomic mass is 10.1. The molecule has 0 bridgehead atoms.